The highest BCUT2D eigenvalue weighted by Gasteiger charge is 2.43. The summed E-state index contributed by atoms with van der Waals surface area (Å²) in [5, 5.41) is 19.4. The lowest BCUT2D eigenvalue weighted by molar-refractivity contribution is -0.148. The predicted octanol–water partition coefficient (Wildman–Crippen LogP) is 0.736. The second-order valence-corrected chi connectivity index (χ2v) is 6.40. The van der Waals surface area contributed by atoms with Crippen LogP contribution in [0.1, 0.15) is 20.3 Å². The zero-order valence-corrected chi connectivity index (χ0v) is 12.4. The smallest absolute Gasteiger partial charge is 0.330 e. The molecular weight excluding hydrogens is 275 g/mol. The van der Waals surface area contributed by atoms with E-state index in [4.69, 9.17) is 18.5 Å². The van der Waals surface area contributed by atoms with E-state index in [1.54, 1.807) is 13.8 Å². The lowest BCUT2D eigenvalue weighted by Crippen LogP contribution is -2.33. The van der Waals surface area contributed by atoms with Gasteiger partial charge in [-0.3, -0.25) is 4.57 Å². The predicted molar refractivity (Wildman–Crippen MR) is 68.0 cm³/mol. The van der Waals surface area contributed by atoms with E-state index in [2.05, 4.69) is 0 Å². The first kappa shape index (κ1) is 17.0. The van der Waals surface area contributed by atoms with Gasteiger partial charge >= 0.3 is 7.60 Å². The van der Waals surface area contributed by atoms with Crippen LogP contribution in [0, 0.1) is 0 Å². The van der Waals surface area contributed by atoms with E-state index in [1.165, 1.54) is 7.11 Å². The molecule has 1 saturated heterocycles. The molecule has 0 aromatic carbocycles. The van der Waals surface area contributed by atoms with Crippen molar-refractivity contribution in [2.75, 3.05) is 26.5 Å². The maximum atomic E-state index is 12.2. The van der Waals surface area contributed by atoms with E-state index in [0.717, 1.165) is 0 Å². The Morgan fingerprint density at radius 1 is 1.16 bits per heavy atom. The molecule has 0 aromatic rings. The van der Waals surface area contributed by atoms with Crippen LogP contribution < -0.4 is 0 Å². The Morgan fingerprint density at radius 3 is 2.16 bits per heavy atom. The maximum Gasteiger partial charge on any atom is 0.330 e. The Morgan fingerprint density at radius 2 is 1.74 bits per heavy atom. The van der Waals surface area contributed by atoms with Gasteiger partial charge in [-0.2, -0.15) is 0 Å². The molecule has 1 rings (SSSR count). The third-order valence-electron chi connectivity index (χ3n) is 2.89. The minimum atomic E-state index is -3.16. The molecule has 4 atom stereocenters. The molecule has 8 heteroatoms. The summed E-state index contributed by atoms with van der Waals surface area (Å²) in [6, 6.07) is 0. The molecule has 1 heterocycles. The highest BCUT2D eigenvalue weighted by molar-refractivity contribution is 7.53. The summed E-state index contributed by atoms with van der Waals surface area (Å²) in [4.78, 5) is 0. The summed E-state index contributed by atoms with van der Waals surface area (Å²) >= 11 is 0. The molecule has 0 bridgehead atoms. The van der Waals surface area contributed by atoms with Crippen molar-refractivity contribution in [3.63, 3.8) is 0 Å². The van der Waals surface area contributed by atoms with Gasteiger partial charge in [-0.25, -0.2) is 0 Å². The number of hydrogen-bond acceptors (Lipinski definition) is 7. The van der Waals surface area contributed by atoms with E-state index < -0.39 is 32.2 Å². The third-order valence-corrected chi connectivity index (χ3v) is 5.00. The Hall–Kier alpha value is -0.0100. The average Bonchev–Trinajstić information content (AvgIpc) is 2.64. The number of aliphatic hydroxyl groups is 2. The SMILES string of the molecule is CCOP(=O)(CC[C@H]1O[C@@H](OC)[C@H](O)[C@@H]1O)OCC. The Kier molecular flexibility index (Phi) is 6.90. The number of methoxy groups -OCH3 is 1. The molecule has 1 aliphatic heterocycles. The average molecular weight is 298 g/mol. The number of aliphatic hydroxyl groups excluding tert-OH is 2. The molecule has 114 valence electrons. The van der Waals surface area contributed by atoms with E-state index in [0.29, 0.717) is 0 Å². The van der Waals surface area contributed by atoms with Gasteiger partial charge in [0.15, 0.2) is 6.29 Å². The van der Waals surface area contributed by atoms with Crippen LogP contribution in [0.2, 0.25) is 0 Å². The molecule has 0 saturated carbocycles. The standard InChI is InChI=1S/C11H23O7P/c1-4-16-19(14,17-5-2)7-6-8-9(12)10(13)11(15-3)18-8/h8-13H,4-7H2,1-3H3/t8-,9-,10-,11-/m1/s1. The molecule has 19 heavy (non-hydrogen) atoms. The van der Waals surface area contributed by atoms with Crippen molar-refractivity contribution in [3.8, 4) is 0 Å². The van der Waals surface area contributed by atoms with Crippen molar-refractivity contribution in [3.05, 3.63) is 0 Å². The molecule has 2 N–H and O–H groups in total. The minimum absolute atomic E-state index is 0.125. The van der Waals surface area contributed by atoms with Crippen LogP contribution in [-0.2, 0) is 23.1 Å². The lowest BCUT2D eigenvalue weighted by Gasteiger charge is -2.20. The van der Waals surface area contributed by atoms with Crippen molar-refractivity contribution in [1.82, 2.24) is 0 Å². The molecule has 0 aliphatic carbocycles. The summed E-state index contributed by atoms with van der Waals surface area (Å²) in [6.45, 7) is 4.04. The summed E-state index contributed by atoms with van der Waals surface area (Å²) in [7, 11) is -1.78. The molecule has 0 amide bonds. The second kappa shape index (κ2) is 7.69. The fourth-order valence-electron chi connectivity index (χ4n) is 1.99. The molecule has 0 spiro atoms. The van der Waals surface area contributed by atoms with Crippen LogP contribution in [-0.4, -0.2) is 61.3 Å². The Bertz CT molecular complexity index is 301. The molecule has 7 nitrogen and oxygen atoms in total. The largest absolute Gasteiger partial charge is 0.387 e. The van der Waals surface area contributed by atoms with Gasteiger partial charge < -0.3 is 28.7 Å². The quantitative estimate of drug-likeness (QED) is 0.638. The summed E-state index contributed by atoms with van der Waals surface area (Å²) in [6.07, 6.45) is -3.29. The monoisotopic (exact) mass is 298 g/mol. The third kappa shape index (κ3) is 4.49. The maximum absolute atomic E-state index is 12.2. The van der Waals surface area contributed by atoms with Gasteiger partial charge in [0.1, 0.15) is 12.2 Å². The van der Waals surface area contributed by atoms with Gasteiger partial charge in [0, 0.05) is 7.11 Å². The molecule has 1 aliphatic rings. The van der Waals surface area contributed by atoms with Crippen LogP contribution in [0.15, 0.2) is 0 Å². The highest BCUT2D eigenvalue weighted by Crippen LogP contribution is 2.49. The normalized spacial score (nSPS) is 31.8. The highest BCUT2D eigenvalue weighted by atomic mass is 31.2. The summed E-state index contributed by atoms with van der Waals surface area (Å²) < 4.78 is 32.7. The van der Waals surface area contributed by atoms with Crippen LogP contribution in [0.25, 0.3) is 0 Å². The van der Waals surface area contributed by atoms with Gasteiger partial charge in [0.25, 0.3) is 0 Å². The molecular formula is C11H23O7P. The van der Waals surface area contributed by atoms with Crippen molar-refractivity contribution < 1.29 is 33.3 Å². The van der Waals surface area contributed by atoms with Crippen LogP contribution in [0.4, 0.5) is 0 Å². The van der Waals surface area contributed by atoms with Gasteiger partial charge in [0.05, 0.1) is 25.5 Å². The van der Waals surface area contributed by atoms with Crippen LogP contribution in [0.5, 0.6) is 0 Å². The first-order chi connectivity index (χ1) is 8.97. The van der Waals surface area contributed by atoms with Gasteiger partial charge in [-0.15, -0.1) is 0 Å². The second-order valence-electron chi connectivity index (χ2n) is 4.22. The number of hydrogen-bond donors (Lipinski definition) is 2. The molecule has 1 fully saturated rings. The fraction of sp³-hybridized carbons (Fsp3) is 1.00. The lowest BCUT2D eigenvalue weighted by atomic mass is 10.1. The number of rotatable bonds is 8. The van der Waals surface area contributed by atoms with Crippen molar-refractivity contribution in [2.24, 2.45) is 0 Å². The van der Waals surface area contributed by atoms with E-state index in [1.807, 2.05) is 0 Å². The van der Waals surface area contributed by atoms with E-state index in [-0.39, 0.29) is 25.8 Å². The van der Waals surface area contributed by atoms with Gasteiger partial charge in [0.2, 0.25) is 0 Å². The van der Waals surface area contributed by atoms with Crippen LogP contribution in [0.3, 0.4) is 0 Å². The number of ether oxygens (including phenoxy) is 2. The van der Waals surface area contributed by atoms with E-state index in [9.17, 15) is 14.8 Å². The van der Waals surface area contributed by atoms with E-state index >= 15 is 0 Å². The minimum Gasteiger partial charge on any atom is -0.387 e. The Balaban J connectivity index is 2.53. The zero-order valence-electron chi connectivity index (χ0n) is 11.5. The van der Waals surface area contributed by atoms with Gasteiger partial charge in [-0.05, 0) is 20.3 Å². The molecule has 0 aromatic heterocycles. The topological polar surface area (TPSA) is 94.5 Å². The zero-order chi connectivity index (χ0) is 14.5. The fourth-order valence-corrected chi connectivity index (χ4v) is 3.68. The van der Waals surface area contributed by atoms with Crippen molar-refractivity contribution in [2.45, 2.75) is 44.9 Å². The first-order valence-electron chi connectivity index (χ1n) is 6.40. The summed E-state index contributed by atoms with van der Waals surface area (Å²) in [5.41, 5.74) is 0. The van der Waals surface area contributed by atoms with Crippen molar-refractivity contribution in [1.29, 1.82) is 0 Å². The molecule has 0 radical (unpaired) electrons. The molecule has 0 unspecified atom stereocenters. The first-order valence-corrected chi connectivity index (χ1v) is 8.12. The van der Waals surface area contributed by atoms with Crippen LogP contribution >= 0.6 is 7.60 Å². The summed E-state index contributed by atoms with van der Waals surface area (Å²) in [5.74, 6) is 0. The van der Waals surface area contributed by atoms with Crippen molar-refractivity contribution >= 4 is 7.60 Å². The Labute approximate surface area is 113 Å². The van der Waals surface area contributed by atoms with Gasteiger partial charge in [-0.1, -0.05) is 0 Å².